The summed E-state index contributed by atoms with van der Waals surface area (Å²) in [7, 11) is 6.47. The molecule has 1 aromatic carbocycles. The predicted octanol–water partition coefficient (Wildman–Crippen LogP) is 2.07. The summed E-state index contributed by atoms with van der Waals surface area (Å²) in [4.78, 5) is 2.08. The Kier molecular flexibility index (Phi) is 5.60. The summed E-state index contributed by atoms with van der Waals surface area (Å²) < 4.78 is 16.4. The van der Waals surface area contributed by atoms with Gasteiger partial charge in [0.25, 0.3) is 0 Å². The van der Waals surface area contributed by atoms with Gasteiger partial charge in [-0.2, -0.15) is 15.8 Å². The first-order chi connectivity index (χ1) is 14.4. The molecule has 30 heavy (non-hydrogen) atoms. The second-order valence-corrected chi connectivity index (χ2v) is 7.36. The normalized spacial score (nSPS) is 22.6. The van der Waals surface area contributed by atoms with E-state index >= 15 is 0 Å². The zero-order chi connectivity index (χ0) is 22.1. The van der Waals surface area contributed by atoms with Gasteiger partial charge in [-0.05, 0) is 30.3 Å². The molecule has 1 aromatic rings. The largest absolute Gasteiger partial charge is 0.493 e. The minimum atomic E-state index is -1.71. The van der Waals surface area contributed by atoms with E-state index in [2.05, 4.69) is 23.1 Å². The monoisotopic (exact) mass is 405 g/mol. The molecule has 3 rings (SSSR count). The summed E-state index contributed by atoms with van der Waals surface area (Å²) >= 11 is 0. The lowest BCUT2D eigenvalue weighted by atomic mass is 9.58. The summed E-state index contributed by atoms with van der Waals surface area (Å²) in [6.07, 6.45) is 1.95. The van der Waals surface area contributed by atoms with Crippen LogP contribution in [0.3, 0.4) is 0 Å². The number of nitriles is 3. The average molecular weight is 405 g/mol. The quantitative estimate of drug-likeness (QED) is 0.806. The molecular formula is C22H23N5O3. The molecule has 0 radical (unpaired) electrons. The molecule has 8 heteroatoms. The molecule has 0 unspecified atom stereocenters. The first-order valence-electron chi connectivity index (χ1n) is 9.34. The average Bonchev–Trinajstić information content (AvgIpc) is 2.77. The van der Waals surface area contributed by atoms with Gasteiger partial charge in [0.1, 0.15) is 6.07 Å². The van der Waals surface area contributed by atoms with E-state index in [0.717, 1.165) is 5.57 Å². The maximum absolute atomic E-state index is 10.2. The standard InChI is InChI=1S/C22H23N5O3/c1-27-6-5-14-15(9-23)21(26)22(11-24,12-25)19(16(14)10-27)13-7-17(28-2)20(30-4)18(8-13)29-3/h5,7-8,16,19H,6,10,26H2,1-4H3/t16-,19+/m1/s1. The predicted molar refractivity (Wildman–Crippen MR) is 108 cm³/mol. The molecular weight excluding hydrogens is 382 g/mol. The van der Waals surface area contributed by atoms with E-state index < -0.39 is 11.3 Å². The minimum Gasteiger partial charge on any atom is -0.493 e. The number of hydrogen-bond donors (Lipinski definition) is 1. The number of rotatable bonds is 4. The Morgan fingerprint density at radius 1 is 1.07 bits per heavy atom. The molecule has 154 valence electrons. The molecule has 2 atom stereocenters. The van der Waals surface area contributed by atoms with Crippen LogP contribution < -0.4 is 19.9 Å². The molecule has 1 heterocycles. The number of hydrogen-bond acceptors (Lipinski definition) is 8. The van der Waals surface area contributed by atoms with Crippen molar-refractivity contribution in [3.63, 3.8) is 0 Å². The second-order valence-electron chi connectivity index (χ2n) is 7.36. The van der Waals surface area contributed by atoms with Crippen LogP contribution >= 0.6 is 0 Å². The van der Waals surface area contributed by atoms with Crippen LogP contribution in [0.2, 0.25) is 0 Å². The van der Waals surface area contributed by atoms with Crippen molar-refractivity contribution in [2.75, 3.05) is 41.5 Å². The SMILES string of the molecule is COc1cc([C@H]2[C@@H]3CN(C)CC=C3C(C#N)=C(N)C2(C#N)C#N)cc(OC)c1OC. The number of fused-ring (bicyclic) bond motifs is 1. The number of nitrogens with two attached hydrogens (primary N) is 1. The molecule has 8 nitrogen and oxygen atoms in total. The maximum atomic E-state index is 10.2. The number of benzene rings is 1. The van der Waals surface area contributed by atoms with Crippen LogP contribution in [0.1, 0.15) is 11.5 Å². The molecule has 0 spiro atoms. The van der Waals surface area contributed by atoms with Crippen molar-refractivity contribution in [1.29, 1.82) is 15.8 Å². The van der Waals surface area contributed by atoms with Crippen LogP contribution in [0.15, 0.2) is 35.1 Å². The van der Waals surface area contributed by atoms with Gasteiger partial charge in [0.15, 0.2) is 16.9 Å². The number of ether oxygens (including phenoxy) is 3. The molecule has 1 aliphatic heterocycles. The van der Waals surface area contributed by atoms with Gasteiger partial charge >= 0.3 is 0 Å². The number of nitrogens with zero attached hydrogens (tertiary/aromatic N) is 4. The summed E-state index contributed by atoms with van der Waals surface area (Å²) in [6.45, 7) is 1.22. The lowest BCUT2D eigenvalue weighted by Gasteiger charge is -2.45. The van der Waals surface area contributed by atoms with Gasteiger partial charge in [0, 0.05) is 24.9 Å². The van der Waals surface area contributed by atoms with Gasteiger partial charge in [-0.3, -0.25) is 0 Å². The molecule has 0 fully saturated rings. The number of allylic oxidation sites excluding steroid dienone is 2. The van der Waals surface area contributed by atoms with E-state index in [1.165, 1.54) is 21.3 Å². The van der Waals surface area contributed by atoms with E-state index in [1.54, 1.807) is 12.1 Å². The molecule has 0 saturated carbocycles. The van der Waals surface area contributed by atoms with E-state index in [9.17, 15) is 15.8 Å². The van der Waals surface area contributed by atoms with Crippen molar-refractivity contribution in [2.45, 2.75) is 5.92 Å². The van der Waals surface area contributed by atoms with Gasteiger partial charge in [-0.25, -0.2) is 0 Å². The minimum absolute atomic E-state index is 0.0131. The fraction of sp³-hybridized carbons (Fsp3) is 0.409. The van der Waals surface area contributed by atoms with Crippen LogP contribution in [0, 0.1) is 45.3 Å². The van der Waals surface area contributed by atoms with E-state index in [1.807, 2.05) is 13.1 Å². The summed E-state index contributed by atoms with van der Waals surface area (Å²) in [5.74, 6) is 0.330. The molecule has 2 aliphatic rings. The zero-order valence-corrected chi connectivity index (χ0v) is 17.4. The highest BCUT2D eigenvalue weighted by Gasteiger charge is 2.54. The van der Waals surface area contributed by atoms with Crippen LogP contribution in [-0.2, 0) is 0 Å². The molecule has 1 aliphatic carbocycles. The van der Waals surface area contributed by atoms with Gasteiger partial charge in [0.2, 0.25) is 5.75 Å². The van der Waals surface area contributed by atoms with Gasteiger partial charge in [-0.1, -0.05) is 6.08 Å². The third-order valence-corrected chi connectivity index (χ3v) is 5.89. The molecule has 0 bridgehead atoms. The highest BCUT2D eigenvalue weighted by atomic mass is 16.5. The Morgan fingerprint density at radius 3 is 2.13 bits per heavy atom. The number of methoxy groups -OCH3 is 3. The lowest BCUT2D eigenvalue weighted by Crippen LogP contribution is -2.47. The van der Waals surface area contributed by atoms with Gasteiger partial charge < -0.3 is 24.8 Å². The summed E-state index contributed by atoms with van der Waals surface area (Å²) in [5.41, 5.74) is 6.25. The van der Waals surface area contributed by atoms with Crippen LogP contribution in [0.5, 0.6) is 17.2 Å². The van der Waals surface area contributed by atoms with E-state index in [-0.39, 0.29) is 17.2 Å². The smallest absolute Gasteiger partial charge is 0.203 e. The molecule has 0 amide bonds. The Hall–Kier alpha value is -3.67. The topological polar surface area (TPSA) is 128 Å². The van der Waals surface area contributed by atoms with Crippen molar-refractivity contribution in [3.05, 3.63) is 40.6 Å². The Labute approximate surface area is 175 Å². The van der Waals surface area contributed by atoms with Crippen molar-refractivity contribution >= 4 is 0 Å². The Bertz CT molecular complexity index is 1010. The molecule has 2 N–H and O–H groups in total. The third kappa shape index (κ3) is 2.92. The second kappa shape index (κ2) is 7.99. The first kappa shape index (κ1) is 21.0. The zero-order valence-electron chi connectivity index (χ0n) is 17.4. The lowest BCUT2D eigenvalue weighted by molar-refractivity contribution is 0.236. The van der Waals surface area contributed by atoms with Crippen molar-refractivity contribution < 1.29 is 14.2 Å². The van der Waals surface area contributed by atoms with E-state index in [0.29, 0.717) is 35.9 Å². The van der Waals surface area contributed by atoms with Crippen LogP contribution in [0.4, 0.5) is 0 Å². The Morgan fingerprint density at radius 2 is 1.67 bits per heavy atom. The highest BCUT2D eigenvalue weighted by Crippen LogP contribution is 2.55. The van der Waals surface area contributed by atoms with Gasteiger partial charge in [-0.15, -0.1) is 0 Å². The Balaban J connectivity index is 2.37. The van der Waals surface area contributed by atoms with Crippen LogP contribution in [-0.4, -0.2) is 46.4 Å². The van der Waals surface area contributed by atoms with Crippen LogP contribution in [0.25, 0.3) is 0 Å². The fourth-order valence-corrected chi connectivity index (χ4v) is 4.48. The molecule has 0 saturated heterocycles. The fourth-order valence-electron chi connectivity index (χ4n) is 4.48. The van der Waals surface area contributed by atoms with E-state index in [4.69, 9.17) is 19.9 Å². The van der Waals surface area contributed by atoms with Gasteiger partial charge in [0.05, 0.1) is 44.7 Å². The number of likely N-dealkylation sites (N-methyl/N-ethyl adjacent to an activating group) is 1. The third-order valence-electron chi connectivity index (χ3n) is 5.89. The summed E-state index contributed by atoms with van der Waals surface area (Å²) in [6, 6.07) is 9.86. The highest BCUT2D eigenvalue weighted by molar-refractivity contribution is 5.62. The van der Waals surface area contributed by atoms with Crippen molar-refractivity contribution in [2.24, 2.45) is 17.1 Å². The van der Waals surface area contributed by atoms with Crippen molar-refractivity contribution in [1.82, 2.24) is 4.90 Å². The first-order valence-corrected chi connectivity index (χ1v) is 9.34. The molecule has 0 aromatic heterocycles. The maximum Gasteiger partial charge on any atom is 0.203 e. The summed E-state index contributed by atoms with van der Waals surface area (Å²) in [5, 5.41) is 30.1. The van der Waals surface area contributed by atoms with Crippen molar-refractivity contribution in [3.8, 4) is 35.5 Å².